The molecule has 74 valence electrons. The molecular formula is C12H14ClN. The van der Waals surface area contributed by atoms with Gasteiger partial charge in [0.05, 0.1) is 0 Å². The van der Waals surface area contributed by atoms with Crippen LogP contribution in [0, 0.1) is 11.8 Å². The molecule has 14 heavy (non-hydrogen) atoms. The SMILES string of the molecule is NC1(c2ccccc2Cl)C2CCCC21. The van der Waals surface area contributed by atoms with Crippen LogP contribution in [0.5, 0.6) is 0 Å². The Kier molecular flexibility index (Phi) is 1.71. The molecule has 2 heteroatoms. The van der Waals surface area contributed by atoms with Crippen molar-refractivity contribution in [3.63, 3.8) is 0 Å². The van der Waals surface area contributed by atoms with Crippen molar-refractivity contribution in [1.29, 1.82) is 0 Å². The summed E-state index contributed by atoms with van der Waals surface area (Å²) in [7, 11) is 0. The van der Waals surface area contributed by atoms with Gasteiger partial charge in [0.15, 0.2) is 0 Å². The molecule has 0 spiro atoms. The molecule has 2 aliphatic rings. The van der Waals surface area contributed by atoms with Crippen molar-refractivity contribution in [2.45, 2.75) is 24.8 Å². The fourth-order valence-electron chi connectivity index (χ4n) is 3.21. The zero-order chi connectivity index (χ0) is 9.76. The molecule has 2 saturated carbocycles. The van der Waals surface area contributed by atoms with Crippen LogP contribution in [0.4, 0.5) is 0 Å². The maximum Gasteiger partial charge on any atom is 0.0488 e. The molecule has 0 aromatic heterocycles. The minimum Gasteiger partial charge on any atom is -0.321 e. The Morgan fingerprint density at radius 3 is 2.50 bits per heavy atom. The predicted octanol–water partition coefficient (Wildman–Crippen LogP) is 2.92. The maximum atomic E-state index is 6.43. The molecule has 1 aromatic rings. The number of hydrogen-bond acceptors (Lipinski definition) is 1. The number of fused-ring (bicyclic) bond motifs is 1. The molecule has 0 amide bonds. The zero-order valence-corrected chi connectivity index (χ0v) is 8.80. The van der Waals surface area contributed by atoms with Gasteiger partial charge < -0.3 is 5.73 Å². The highest BCUT2D eigenvalue weighted by Gasteiger charge is 2.64. The molecule has 0 bridgehead atoms. The lowest BCUT2D eigenvalue weighted by molar-refractivity contribution is 0.527. The van der Waals surface area contributed by atoms with E-state index >= 15 is 0 Å². The Balaban J connectivity index is 2.01. The lowest BCUT2D eigenvalue weighted by Gasteiger charge is -2.17. The summed E-state index contributed by atoms with van der Waals surface area (Å²) in [5.41, 5.74) is 7.51. The van der Waals surface area contributed by atoms with Gasteiger partial charge in [-0.15, -0.1) is 0 Å². The summed E-state index contributed by atoms with van der Waals surface area (Å²) >= 11 is 6.18. The molecule has 1 aromatic carbocycles. The molecule has 3 rings (SSSR count). The third-order valence-electron chi connectivity index (χ3n) is 3.97. The highest BCUT2D eigenvalue weighted by molar-refractivity contribution is 6.31. The van der Waals surface area contributed by atoms with E-state index in [4.69, 9.17) is 17.3 Å². The molecule has 2 aliphatic carbocycles. The van der Waals surface area contributed by atoms with Crippen LogP contribution in [0.3, 0.4) is 0 Å². The Hall–Kier alpha value is -0.530. The van der Waals surface area contributed by atoms with Crippen LogP contribution >= 0.6 is 11.6 Å². The van der Waals surface area contributed by atoms with Crippen molar-refractivity contribution in [2.75, 3.05) is 0 Å². The fourth-order valence-corrected chi connectivity index (χ4v) is 3.51. The highest BCUT2D eigenvalue weighted by atomic mass is 35.5. The Labute approximate surface area is 89.3 Å². The molecule has 0 aliphatic heterocycles. The van der Waals surface area contributed by atoms with Crippen LogP contribution in [0.25, 0.3) is 0 Å². The normalized spacial score (nSPS) is 39.6. The van der Waals surface area contributed by atoms with Crippen LogP contribution in [-0.4, -0.2) is 0 Å². The van der Waals surface area contributed by atoms with E-state index in [1.807, 2.05) is 18.2 Å². The lowest BCUT2D eigenvalue weighted by atomic mass is 9.97. The first-order valence-corrected chi connectivity index (χ1v) is 5.66. The molecule has 2 N–H and O–H groups in total. The lowest BCUT2D eigenvalue weighted by Crippen LogP contribution is -2.26. The number of rotatable bonds is 1. The van der Waals surface area contributed by atoms with E-state index in [0.29, 0.717) is 11.8 Å². The average Bonchev–Trinajstić information content (AvgIpc) is 2.63. The Morgan fingerprint density at radius 2 is 1.86 bits per heavy atom. The van der Waals surface area contributed by atoms with Gasteiger partial charge in [0.2, 0.25) is 0 Å². The highest BCUT2D eigenvalue weighted by Crippen LogP contribution is 2.65. The predicted molar refractivity (Wildman–Crippen MR) is 58.1 cm³/mol. The van der Waals surface area contributed by atoms with Gasteiger partial charge in [-0.05, 0) is 36.3 Å². The summed E-state index contributed by atoms with van der Waals surface area (Å²) in [5, 5.41) is 0.837. The largest absolute Gasteiger partial charge is 0.321 e. The van der Waals surface area contributed by atoms with Crippen LogP contribution in [0.2, 0.25) is 5.02 Å². The topological polar surface area (TPSA) is 26.0 Å². The maximum absolute atomic E-state index is 6.43. The second-order valence-corrected chi connectivity index (χ2v) is 4.96. The van der Waals surface area contributed by atoms with Crippen molar-refractivity contribution in [3.8, 4) is 0 Å². The van der Waals surface area contributed by atoms with Gasteiger partial charge in [0, 0.05) is 10.6 Å². The number of benzene rings is 1. The van der Waals surface area contributed by atoms with Gasteiger partial charge in [0.1, 0.15) is 0 Å². The zero-order valence-electron chi connectivity index (χ0n) is 8.04. The Morgan fingerprint density at radius 1 is 1.21 bits per heavy atom. The second kappa shape index (κ2) is 2.74. The van der Waals surface area contributed by atoms with Gasteiger partial charge in [-0.1, -0.05) is 36.2 Å². The molecule has 2 atom stereocenters. The summed E-state index contributed by atoms with van der Waals surface area (Å²) < 4.78 is 0. The molecule has 0 saturated heterocycles. The summed E-state index contributed by atoms with van der Waals surface area (Å²) in [6, 6.07) is 8.03. The van der Waals surface area contributed by atoms with Gasteiger partial charge >= 0.3 is 0 Å². The van der Waals surface area contributed by atoms with E-state index < -0.39 is 0 Å². The molecule has 1 nitrogen and oxygen atoms in total. The van der Waals surface area contributed by atoms with Gasteiger partial charge in [0.25, 0.3) is 0 Å². The smallest absolute Gasteiger partial charge is 0.0488 e. The summed E-state index contributed by atoms with van der Waals surface area (Å²) in [6.45, 7) is 0. The number of halogens is 1. The van der Waals surface area contributed by atoms with Gasteiger partial charge in [-0.25, -0.2) is 0 Å². The fraction of sp³-hybridized carbons (Fsp3) is 0.500. The van der Waals surface area contributed by atoms with E-state index in [9.17, 15) is 0 Å². The van der Waals surface area contributed by atoms with Crippen LogP contribution in [0.15, 0.2) is 24.3 Å². The van der Waals surface area contributed by atoms with Gasteiger partial charge in [-0.2, -0.15) is 0 Å². The first-order chi connectivity index (χ1) is 6.74. The van der Waals surface area contributed by atoms with Crippen molar-refractivity contribution < 1.29 is 0 Å². The quantitative estimate of drug-likeness (QED) is 0.753. The minimum atomic E-state index is -0.0867. The van der Waals surface area contributed by atoms with E-state index in [0.717, 1.165) is 10.6 Å². The van der Waals surface area contributed by atoms with Crippen LogP contribution in [0.1, 0.15) is 24.8 Å². The van der Waals surface area contributed by atoms with E-state index in [2.05, 4.69) is 6.07 Å². The molecule has 0 radical (unpaired) electrons. The number of nitrogens with two attached hydrogens (primary N) is 1. The van der Waals surface area contributed by atoms with E-state index in [1.165, 1.54) is 19.3 Å². The minimum absolute atomic E-state index is 0.0867. The first kappa shape index (κ1) is 8.75. The monoisotopic (exact) mass is 207 g/mol. The third-order valence-corrected chi connectivity index (χ3v) is 4.30. The van der Waals surface area contributed by atoms with Crippen molar-refractivity contribution in [1.82, 2.24) is 0 Å². The Bertz CT molecular complexity index is 364. The average molecular weight is 208 g/mol. The van der Waals surface area contributed by atoms with Crippen molar-refractivity contribution in [2.24, 2.45) is 17.6 Å². The summed E-state index contributed by atoms with van der Waals surface area (Å²) in [4.78, 5) is 0. The molecule has 2 unspecified atom stereocenters. The molecular weight excluding hydrogens is 194 g/mol. The van der Waals surface area contributed by atoms with Crippen molar-refractivity contribution in [3.05, 3.63) is 34.9 Å². The first-order valence-electron chi connectivity index (χ1n) is 5.28. The standard InChI is InChI=1S/C12H14ClN/c13-11-7-2-1-4-10(11)12(14)8-5-3-6-9(8)12/h1-2,4,7-9H,3,5-6,14H2. The van der Waals surface area contributed by atoms with Crippen LogP contribution < -0.4 is 5.73 Å². The second-order valence-electron chi connectivity index (χ2n) is 4.56. The van der Waals surface area contributed by atoms with E-state index in [1.54, 1.807) is 0 Å². The van der Waals surface area contributed by atoms with Gasteiger partial charge in [-0.3, -0.25) is 0 Å². The molecule has 0 heterocycles. The summed E-state index contributed by atoms with van der Waals surface area (Å²) in [5.74, 6) is 1.39. The van der Waals surface area contributed by atoms with Crippen molar-refractivity contribution >= 4 is 11.6 Å². The summed E-state index contributed by atoms with van der Waals surface area (Å²) in [6.07, 6.45) is 3.91. The molecule has 2 fully saturated rings. The van der Waals surface area contributed by atoms with E-state index in [-0.39, 0.29) is 5.54 Å². The third kappa shape index (κ3) is 0.945. The van der Waals surface area contributed by atoms with Crippen LogP contribution in [-0.2, 0) is 5.54 Å². The number of hydrogen-bond donors (Lipinski definition) is 1.